The molecule has 6 nitrogen and oxygen atoms in total. The van der Waals surface area contributed by atoms with Gasteiger partial charge in [0, 0.05) is 57.4 Å². The van der Waals surface area contributed by atoms with Crippen LogP contribution < -0.4 is 0 Å². The maximum atomic E-state index is 12.0. The van der Waals surface area contributed by atoms with Crippen molar-refractivity contribution in [3.63, 3.8) is 0 Å². The van der Waals surface area contributed by atoms with Crippen LogP contribution in [0.2, 0.25) is 0 Å². The van der Waals surface area contributed by atoms with Crippen molar-refractivity contribution < 1.29 is 9.53 Å². The molecule has 0 spiro atoms. The highest BCUT2D eigenvalue weighted by atomic mass is 16.5. The zero-order valence-corrected chi connectivity index (χ0v) is 13.4. The largest absolute Gasteiger partial charge is 0.383 e. The molecule has 1 amide bonds. The third-order valence-electron chi connectivity index (χ3n) is 4.17. The first-order valence-corrected chi connectivity index (χ1v) is 7.91. The Kier molecular flexibility index (Phi) is 5.02. The van der Waals surface area contributed by atoms with E-state index in [2.05, 4.69) is 22.1 Å². The molecule has 0 aliphatic carbocycles. The number of nitrogens with zero attached hydrogens (tertiary/aromatic N) is 4. The van der Waals surface area contributed by atoms with E-state index in [1.165, 1.54) is 0 Å². The summed E-state index contributed by atoms with van der Waals surface area (Å²) in [5.74, 6) is 0.579. The molecule has 1 fully saturated rings. The fourth-order valence-electron chi connectivity index (χ4n) is 2.96. The first kappa shape index (κ1) is 15.7. The summed E-state index contributed by atoms with van der Waals surface area (Å²) in [4.78, 5) is 22.4. The minimum atomic E-state index is 0.226. The van der Waals surface area contributed by atoms with E-state index in [9.17, 15) is 4.79 Å². The first-order chi connectivity index (χ1) is 11.2. The van der Waals surface area contributed by atoms with Crippen molar-refractivity contribution in [2.45, 2.75) is 19.4 Å². The molecule has 0 aromatic carbocycles. The molecule has 0 N–H and O–H groups in total. The molecule has 2 aromatic heterocycles. The van der Waals surface area contributed by atoms with Crippen LogP contribution in [0.25, 0.3) is 0 Å². The Labute approximate surface area is 136 Å². The maximum absolute atomic E-state index is 12.0. The number of amides is 1. The number of aromatic nitrogens is 3. The van der Waals surface area contributed by atoms with Gasteiger partial charge in [0.05, 0.1) is 12.9 Å². The van der Waals surface area contributed by atoms with Crippen molar-refractivity contribution >= 4 is 5.91 Å². The van der Waals surface area contributed by atoms with Crippen molar-refractivity contribution in [3.8, 4) is 0 Å². The molecule has 1 saturated heterocycles. The number of imidazole rings is 1. The van der Waals surface area contributed by atoms with Gasteiger partial charge in [0.2, 0.25) is 5.91 Å². The summed E-state index contributed by atoms with van der Waals surface area (Å²) < 4.78 is 7.06. The smallest absolute Gasteiger partial charge is 0.223 e. The van der Waals surface area contributed by atoms with Gasteiger partial charge in [0.1, 0.15) is 0 Å². The highest BCUT2D eigenvalue weighted by Gasteiger charge is 2.29. The second kappa shape index (κ2) is 7.37. The lowest BCUT2D eigenvalue weighted by molar-refractivity contribution is -0.128. The second-order valence-corrected chi connectivity index (χ2v) is 6.00. The minimum Gasteiger partial charge on any atom is -0.383 e. The molecule has 0 saturated carbocycles. The van der Waals surface area contributed by atoms with Crippen LogP contribution >= 0.6 is 0 Å². The van der Waals surface area contributed by atoms with Gasteiger partial charge < -0.3 is 14.2 Å². The maximum Gasteiger partial charge on any atom is 0.223 e. The summed E-state index contributed by atoms with van der Waals surface area (Å²) in [6.45, 7) is 2.86. The Balaban J connectivity index is 1.53. The number of carbonyl (C=O) groups excluding carboxylic acids is 1. The molecular formula is C17H22N4O2. The van der Waals surface area contributed by atoms with E-state index in [1.54, 1.807) is 19.6 Å². The van der Waals surface area contributed by atoms with Crippen molar-refractivity contribution in [1.29, 1.82) is 0 Å². The molecule has 23 heavy (non-hydrogen) atoms. The molecule has 1 aliphatic heterocycles. The fourth-order valence-corrected chi connectivity index (χ4v) is 2.96. The van der Waals surface area contributed by atoms with Crippen molar-refractivity contribution in [2.24, 2.45) is 5.92 Å². The topological polar surface area (TPSA) is 60.2 Å². The summed E-state index contributed by atoms with van der Waals surface area (Å²) in [7, 11) is 1.66. The lowest BCUT2D eigenvalue weighted by Crippen LogP contribution is -2.28. The molecule has 122 valence electrons. The molecule has 0 bridgehead atoms. The van der Waals surface area contributed by atoms with Gasteiger partial charge in [-0.2, -0.15) is 0 Å². The zero-order valence-electron chi connectivity index (χ0n) is 13.4. The molecular weight excluding hydrogens is 292 g/mol. The minimum absolute atomic E-state index is 0.226. The molecule has 0 radical (unpaired) electrons. The predicted octanol–water partition coefficient (Wildman–Crippen LogP) is 1.36. The van der Waals surface area contributed by atoms with Gasteiger partial charge in [-0.15, -0.1) is 0 Å². The number of hydrogen-bond acceptors (Lipinski definition) is 4. The Morgan fingerprint density at radius 3 is 3.00 bits per heavy atom. The van der Waals surface area contributed by atoms with Crippen molar-refractivity contribution in [2.75, 3.05) is 26.8 Å². The Morgan fingerprint density at radius 1 is 1.39 bits per heavy atom. The number of methoxy groups -OCH3 is 1. The highest BCUT2D eigenvalue weighted by Crippen LogP contribution is 2.21. The van der Waals surface area contributed by atoms with Gasteiger partial charge in [-0.25, -0.2) is 4.98 Å². The molecule has 1 atom stereocenters. The van der Waals surface area contributed by atoms with Gasteiger partial charge in [-0.05, 0) is 24.0 Å². The normalized spacial score (nSPS) is 17.9. The third kappa shape index (κ3) is 4.16. The number of pyridine rings is 1. The van der Waals surface area contributed by atoms with Crippen LogP contribution in [0.4, 0.5) is 0 Å². The Hall–Kier alpha value is -2.21. The molecule has 1 aliphatic rings. The number of ether oxygens (including phenoxy) is 1. The van der Waals surface area contributed by atoms with Crippen LogP contribution in [-0.2, 0) is 22.5 Å². The van der Waals surface area contributed by atoms with Crippen LogP contribution in [-0.4, -0.2) is 52.1 Å². The Bertz CT molecular complexity index is 625. The summed E-state index contributed by atoms with van der Waals surface area (Å²) in [6.07, 6.45) is 8.88. The van der Waals surface area contributed by atoms with E-state index in [0.29, 0.717) is 25.5 Å². The lowest BCUT2D eigenvalue weighted by atomic mass is 10.0. The molecule has 3 rings (SSSR count). The van der Waals surface area contributed by atoms with Crippen LogP contribution in [0.3, 0.4) is 0 Å². The van der Waals surface area contributed by atoms with Crippen molar-refractivity contribution in [1.82, 2.24) is 19.4 Å². The fraction of sp³-hybridized carbons (Fsp3) is 0.471. The summed E-state index contributed by atoms with van der Waals surface area (Å²) in [5, 5.41) is 0. The number of carbonyl (C=O) groups is 1. The molecule has 3 heterocycles. The monoisotopic (exact) mass is 314 g/mol. The van der Waals surface area contributed by atoms with Crippen LogP contribution in [0.1, 0.15) is 17.7 Å². The van der Waals surface area contributed by atoms with Crippen LogP contribution in [0.15, 0.2) is 37.1 Å². The lowest BCUT2D eigenvalue weighted by Gasteiger charge is -2.15. The van der Waals surface area contributed by atoms with Crippen LogP contribution in [0, 0.1) is 5.92 Å². The summed E-state index contributed by atoms with van der Waals surface area (Å²) in [5.41, 5.74) is 2.20. The quantitative estimate of drug-likeness (QED) is 0.774. The zero-order chi connectivity index (χ0) is 16.1. The van der Waals surface area contributed by atoms with Crippen LogP contribution in [0.5, 0.6) is 0 Å². The number of hydrogen-bond donors (Lipinski definition) is 0. The standard InChI is InChI=1S/C17H22N4O2/c1-23-7-6-21-12-15(9-17(21)22)8-16-3-2-14(10-19-16)11-20-5-4-18-13-20/h2-5,10,13,15H,6-9,11-12H2,1H3/t15-/m1/s1. The van der Waals surface area contributed by atoms with E-state index in [-0.39, 0.29) is 5.91 Å². The molecule has 0 unspecified atom stereocenters. The van der Waals surface area contributed by atoms with E-state index >= 15 is 0 Å². The van der Waals surface area contributed by atoms with Gasteiger partial charge in [-0.1, -0.05) is 6.07 Å². The van der Waals surface area contributed by atoms with Gasteiger partial charge >= 0.3 is 0 Å². The van der Waals surface area contributed by atoms with Gasteiger partial charge in [-0.3, -0.25) is 9.78 Å². The van der Waals surface area contributed by atoms with E-state index in [1.807, 2.05) is 21.9 Å². The number of rotatable bonds is 7. The molecule has 6 heteroatoms. The van der Waals surface area contributed by atoms with Crippen molar-refractivity contribution in [3.05, 3.63) is 48.3 Å². The van der Waals surface area contributed by atoms with Gasteiger partial charge in [0.15, 0.2) is 0 Å². The third-order valence-corrected chi connectivity index (χ3v) is 4.17. The average molecular weight is 314 g/mol. The van der Waals surface area contributed by atoms with E-state index in [4.69, 9.17) is 4.74 Å². The SMILES string of the molecule is COCCN1C[C@H](Cc2ccc(Cn3ccnc3)cn2)CC1=O. The predicted molar refractivity (Wildman–Crippen MR) is 85.8 cm³/mol. The summed E-state index contributed by atoms with van der Waals surface area (Å²) >= 11 is 0. The number of likely N-dealkylation sites (tertiary alicyclic amines) is 1. The average Bonchev–Trinajstić information content (AvgIpc) is 3.17. The second-order valence-electron chi connectivity index (χ2n) is 6.00. The van der Waals surface area contributed by atoms with E-state index in [0.717, 1.165) is 30.8 Å². The van der Waals surface area contributed by atoms with E-state index < -0.39 is 0 Å². The Morgan fingerprint density at radius 2 is 2.30 bits per heavy atom. The summed E-state index contributed by atoms with van der Waals surface area (Å²) in [6, 6.07) is 4.16. The first-order valence-electron chi connectivity index (χ1n) is 7.91. The molecule has 2 aromatic rings. The van der Waals surface area contributed by atoms with Gasteiger partial charge in [0.25, 0.3) is 0 Å². The highest BCUT2D eigenvalue weighted by molar-refractivity contribution is 5.78.